The van der Waals surface area contributed by atoms with Crippen LogP contribution in [0.4, 0.5) is 5.82 Å². The topological polar surface area (TPSA) is 58.6 Å². The number of ether oxygens (including phenoxy) is 1. The Labute approximate surface area is 203 Å². The Balaban J connectivity index is 1.55. The summed E-state index contributed by atoms with van der Waals surface area (Å²) in [5.41, 5.74) is 4.04. The number of methoxy groups -OCH3 is 1. The average molecular weight is 509 g/mol. The van der Waals surface area contributed by atoms with E-state index in [1.54, 1.807) is 7.11 Å². The highest BCUT2D eigenvalue weighted by Crippen LogP contribution is 2.26. The van der Waals surface area contributed by atoms with Crippen LogP contribution in [0, 0.1) is 13.8 Å². The largest absolute Gasteiger partial charge is 0.497 e. The van der Waals surface area contributed by atoms with Gasteiger partial charge in [-0.15, -0.1) is 0 Å². The van der Waals surface area contributed by atoms with Crippen LogP contribution in [-0.4, -0.2) is 54.1 Å². The van der Waals surface area contributed by atoms with Crippen LogP contribution in [-0.2, 0) is 6.42 Å². The lowest BCUT2D eigenvalue weighted by Gasteiger charge is -2.26. The number of carbonyl (C=O) groups is 1. The van der Waals surface area contributed by atoms with Gasteiger partial charge in [-0.25, -0.2) is 9.97 Å². The molecule has 1 amide bonds. The minimum atomic E-state index is 0.0756. The second kappa shape index (κ2) is 10.3. The lowest BCUT2D eigenvalue weighted by Crippen LogP contribution is -2.35. The number of rotatable bonds is 5. The smallest absolute Gasteiger partial charge is 0.253 e. The van der Waals surface area contributed by atoms with Gasteiger partial charge in [-0.1, -0.05) is 34.1 Å². The molecule has 1 aromatic heterocycles. The van der Waals surface area contributed by atoms with E-state index in [9.17, 15) is 4.79 Å². The van der Waals surface area contributed by atoms with Crippen molar-refractivity contribution >= 4 is 27.7 Å². The van der Waals surface area contributed by atoms with E-state index in [4.69, 9.17) is 9.72 Å². The van der Waals surface area contributed by atoms with E-state index < -0.39 is 0 Å². The summed E-state index contributed by atoms with van der Waals surface area (Å²) in [5.74, 6) is 2.67. The van der Waals surface area contributed by atoms with Crippen LogP contribution in [0.1, 0.15) is 39.4 Å². The third-order valence-electron chi connectivity index (χ3n) is 6.00. The molecule has 0 unspecified atom stereocenters. The molecule has 1 fully saturated rings. The second-order valence-electron chi connectivity index (χ2n) is 8.33. The SMILES string of the molecule is COc1ccc(Cc2c(C)nc(C)nc2N2CCCN(C(=O)c3cccc(Br)c3)CC2)cc1. The Kier molecular flexibility index (Phi) is 7.28. The molecule has 0 aliphatic carbocycles. The van der Waals surface area contributed by atoms with E-state index in [0.29, 0.717) is 12.1 Å². The Morgan fingerprint density at radius 1 is 1.03 bits per heavy atom. The van der Waals surface area contributed by atoms with Crippen molar-refractivity contribution in [3.63, 3.8) is 0 Å². The minimum Gasteiger partial charge on any atom is -0.497 e. The summed E-state index contributed by atoms with van der Waals surface area (Å²) < 4.78 is 6.21. The zero-order valence-corrected chi connectivity index (χ0v) is 20.9. The molecule has 7 heteroatoms. The van der Waals surface area contributed by atoms with Crippen LogP contribution in [0.5, 0.6) is 5.75 Å². The molecule has 4 rings (SSSR count). The normalized spacial score (nSPS) is 14.2. The average Bonchev–Trinajstić information content (AvgIpc) is 3.07. The summed E-state index contributed by atoms with van der Waals surface area (Å²) in [6.45, 7) is 6.99. The number of halogens is 1. The predicted molar refractivity (Wildman–Crippen MR) is 134 cm³/mol. The van der Waals surface area contributed by atoms with Gasteiger partial charge in [0.2, 0.25) is 0 Å². The van der Waals surface area contributed by atoms with Gasteiger partial charge in [0.15, 0.2) is 0 Å². The fraction of sp³-hybridized carbons (Fsp3) is 0.346. The Morgan fingerprint density at radius 3 is 2.55 bits per heavy atom. The molecule has 1 aliphatic heterocycles. The fourth-order valence-electron chi connectivity index (χ4n) is 4.27. The molecule has 1 saturated heterocycles. The molecule has 2 aromatic carbocycles. The summed E-state index contributed by atoms with van der Waals surface area (Å²) in [4.78, 5) is 26.8. The van der Waals surface area contributed by atoms with Crippen molar-refractivity contribution in [1.82, 2.24) is 14.9 Å². The maximum Gasteiger partial charge on any atom is 0.253 e. The van der Waals surface area contributed by atoms with Gasteiger partial charge in [-0.05, 0) is 56.2 Å². The first-order chi connectivity index (χ1) is 15.9. The molecule has 6 nitrogen and oxygen atoms in total. The number of hydrogen-bond donors (Lipinski definition) is 0. The molecule has 2 heterocycles. The Hall–Kier alpha value is -2.93. The molecule has 0 N–H and O–H groups in total. The summed E-state index contributed by atoms with van der Waals surface area (Å²) in [7, 11) is 1.68. The number of carbonyl (C=O) groups excluding carboxylic acids is 1. The van der Waals surface area contributed by atoms with Crippen molar-refractivity contribution in [3.05, 3.63) is 81.2 Å². The third-order valence-corrected chi connectivity index (χ3v) is 6.49. The molecule has 0 atom stereocenters. The van der Waals surface area contributed by atoms with Crippen LogP contribution < -0.4 is 9.64 Å². The monoisotopic (exact) mass is 508 g/mol. The van der Waals surface area contributed by atoms with Crippen LogP contribution >= 0.6 is 15.9 Å². The molecule has 33 heavy (non-hydrogen) atoms. The quantitative estimate of drug-likeness (QED) is 0.494. The molecule has 0 spiro atoms. The number of anilines is 1. The van der Waals surface area contributed by atoms with Gasteiger partial charge in [-0.3, -0.25) is 4.79 Å². The first-order valence-corrected chi connectivity index (χ1v) is 12.0. The van der Waals surface area contributed by atoms with Crippen molar-refractivity contribution in [2.75, 3.05) is 38.2 Å². The maximum absolute atomic E-state index is 13.1. The number of benzene rings is 2. The molecule has 172 valence electrons. The molecular weight excluding hydrogens is 480 g/mol. The van der Waals surface area contributed by atoms with Crippen LogP contribution in [0.3, 0.4) is 0 Å². The van der Waals surface area contributed by atoms with Gasteiger partial charge in [-0.2, -0.15) is 0 Å². The second-order valence-corrected chi connectivity index (χ2v) is 9.24. The molecule has 3 aromatic rings. The Bertz CT molecular complexity index is 1130. The summed E-state index contributed by atoms with van der Waals surface area (Å²) >= 11 is 3.47. The number of aromatic nitrogens is 2. The lowest BCUT2D eigenvalue weighted by atomic mass is 10.0. The van der Waals surface area contributed by atoms with Gasteiger partial charge in [0, 0.05) is 53.9 Å². The Morgan fingerprint density at radius 2 is 1.82 bits per heavy atom. The summed E-state index contributed by atoms with van der Waals surface area (Å²) in [5, 5.41) is 0. The highest BCUT2D eigenvalue weighted by atomic mass is 79.9. The molecular formula is C26H29BrN4O2. The van der Waals surface area contributed by atoms with E-state index in [1.807, 2.05) is 48.2 Å². The fourth-order valence-corrected chi connectivity index (χ4v) is 4.67. The van der Waals surface area contributed by atoms with Crippen LogP contribution in [0.2, 0.25) is 0 Å². The number of hydrogen-bond acceptors (Lipinski definition) is 5. The molecule has 0 bridgehead atoms. The summed E-state index contributed by atoms with van der Waals surface area (Å²) in [6, 6.07) is 15.7. The van der Waals surface area contributed by atoms with E-state index in [2.05, 4.69) is 44.9 Å². The molecule has 0 radical (unpaired) electrons. The van der Waals surface area contributed by atoms with Gasteiger partial charge in [0.1, 0.15) is 17.4 Å². The van der Waals surface area contributed by atoms with Gasteiger partial charge < -0.3 is 14.5 Å². The first-order valence-electron chi connectivity index (χ1n) is 11.2. The zero-order valence-electron chi connectivity index (χ0n) is 19.3. The predicted octanol–water partition coefficient (Wildman–Crippen LogP) is 4.81. The summed E-state index contributed by atoms with van der Waals surface area (Å²) in [6.07, 6.45) is 1.65. The van der Waals surface area contributed by atoms with Gasteiger partial charge >= 0.3 is 0 Å². The van der Waals surface area contributed by atoms with Crippen LogP contribution in [0.15, 0.2) is 53.0 Å². The number of aryl methyl sites for hydroxylation is 2. The van der Waals surface area contributed by atoms with E-state index >= 15 is 0 Å². The van der Waals surface area contributed by atoms with Crippen molar-refractivity contribution < 1.29 is 9.53 Å². The highest BCUT2D eigenvalue weighted by molar-refractivity contribution is 9.10. The standard InChI is InChI=1S/C26H29BrN4O2/c1-18-24(16-20-8-10-23(33-3)11-9-20)25(29-19(2)28-18)30-12-5-13-31(15-14-30)26(32)21-6-4-7-22(27)17-21/h4,6-11,17H,5,12-16H2,1-3H3. The third kappa shape index (κ3) is 5.53. The van der Waals surface area contributed by atoms with Crippen LogP contribution in [0.25, 0.3) is 0 Å². The maximum atomic E-state index is 13.1. The number of amides is 1. The highest BCUT2D eigenvalue weighted by Gasteiger charge is 2.24. The van der Waals surface area contributed by atoms with Crippen molar-refractivity contribution in [3.8, 4) is 5.75 Å². The zero-order chi connectivity index (χ0) is 23.4. The van der Waals surface area contributed by atoms with Crippen molar-refractivity contribution in [2.45, 2.75) is 26.7 Å². The number of nitrogens with zero attached hydrogens (tertiary/aromatic N) is 4. The van der Waals surface area contributed by atoms with Crippen molar-refractivity contribution in [2.24, 2.45) is 0 Å². The van der Waals surface area contributed by atoms with Crippen molar-refractivity contribution in [1.29, 1.82) is 0 Å². The molecule has 1 aliphatic rings. The van der Waals surface area contributed by atoms with E-state index in [1.165, 1.54) is 5.56 Å². The van der Waals surface area contributed by atoms with E-state index in [-0.39, 0.29) is 5.91 Å². The minimum absolute atomic E-state index is 0.0756. The van der Waals surface area contributed by atoms with E-state index in [0.717, 1.165) is 65.6 Å². The van der Waals surface area contributed by atoms with Gasteiger partial charge in [0.25, 0.3) is 5.91 Å². The molecule has 0 saturated carbocycles. The first kappa shape index (κ1) is 23.2. The van der Waals surface area contributed by atoms with Gasteiger partial charge in [0.05, 0.1) is 7.11 Å². The lowest BCUT2D eigenvalue weighted by molar-refractivity contribution is 0.0767.